The van der Waals surface area contributed by atoms with Crippen molar-refractivity contribution in [1.82, 2.24) is 0 Å². The molecule has 94 valence electrons. The number of benzene rings is 1. The Morgan fingerprint density at radius 2 is 2.24 bits per heavy atom. The highest BCUT2D eigenvalue weighted by Crippen LogP contribution is 2.33. The van der Waals surface area contributed by atoms with Crippen molar-refractivity contribution in [2.45, 2.75) is 32.1 Å². The van der Waals surface area contributed by atoms with Crippen LogP contribution in [0.4, 0.5) is 0 Å². The molecule has 1 aromatic rings. The zero-order chi connectivity index (χ0) is 12.3. The van der Waals surface area contributed by atoms with E-state index >= 15 is 0 Å². The Bertz CT molecular complexity index is 376. The van der Waals surface area contributed by atoms with E-state index in [9.17, 15) is 0 Å². The minimum Gasteiger partial charge on any atom is -0.492 e. The molecule has 2 nitrogen and oxygen atoms in total. The Balaban J connectivity index is 2.04. The molecule has 0 bridgehead atoms. The number of nitrogens with two attached hydrogens (primary N) is 1. The molecule has 1 aliphatic carbocycles. The van der Waals surface area contributed by atoms with Gasteiger partial charge in [-0.15, -0.1) is 0 Å². The standard InChI is InChI=1S/C14H20ClNO/c1-10(6-7-16)12-4-5-13(15)14(8-12)17-9-11-2-3-11/h4-5,8,10-11H,2-3,6-7,9,16H2,1H3. The van der Waals surface area contributed by atoms with Crippen molar-refractivity contribution < 1.29 is 4.74 Å². The molecule has 0 heterocycles. The van der Waals surface area contributed by atoms with Gasteiger partial charge in [0.15, 0.2) is 0 Å². The van der Waals surface area contributed by atoms with E-state index in [0.29, 0.717) is 17.5 Å². The molecule has 1 saturated carbocycles. The Morgan fingerprint density at radius 1 is 1.47 bits per heavy atom. The fourth-order valence-corrected chi connectivity index (χ4v) is 2.02. The largest absolute Gasteiger partial charge is 0.492 e. The topological polar surface area (TPSA) is 35.2 Å². The predicted octanol–water partition coefficient (Wildman–Crippen LogP) is 3.58. The van der Waals surface area contributed by atoms with Crippen LogP contribution in [-0.4, -0.2) is 13.2 Å². The second kappa shape index (κ2) is 5.74. The van der Waals surface area contributed by atoms with E-state index in [1.807, 2.05) is 6.07 Å². The van der Waals surface area contributed by atoms with Gasteiger partial charge in [0.05, 0.1) is 11.6 Å². The molecule has 0 aliphatic heterocycles. The lowest BCUT2D eigenvalue weighted by Gasteiger charge is -2.14. The molecule has 1 atom stereocenters. The smallest absolute Gasteiger partial charge is 0.138 e. The molecule has 1 unspecified atom stereocenters. The minimum atomic E-state index is 0.459. The zero-order valence-corrected chi connectivity index (χ0v) is 11.0. The van der Waals surface area contributed by atoms with Gasteiger partial charge in [0.1, 0.15) is 5.75 Å². The van der Waals surface area contributed by atoms with Gasteiger partial charge in [0.25, 0.3) is 0 Å². The summed E-state index contributed by atoms with van der Waals surface area (Å²) in [5.41, 5.74) is 6.84. The number of halogens is 1. The Labute approximate surface area is 108 Å². The molecule has 0 saturated heterocycles. The quantitative estimate of drug-likeness (QED) is 0.841. The first kappa shape index (κ1) is 12.7. The van der Waals surface area contributed by atoms with Crippen LogP contribution in [0.25, 0.3) is 0 Å². The van der Waals surface area contributed by atoms with Crippen LogP contribution in [0.2, 0.25) is 5.02 Å². The molecular formula is C14H20ClNO. The molecule has 1 fully saturated rings. The lowest BCUT2D eigenvalue weighted by molar-refractivity contribution is 0.299. The molecule has 0 spiro atoms. The van der Waals surface area contributed by atoms with Crippen LogP contribution in [0.1, 0.15) is 37.7 Å². The maximum Gasteiger partial charge on any atom is 0.138 e. The molecule has 2 N–H and O–H groups in total. The molecule has 0 radical (unpaired) electrons. The highest BCUT2D eigenvalue weighted by Gasteiger charge is 2.22. The Morgan fingerprint density at radius 3 is 2.88 bits per heavy atom. The highest BCUT2D eigenvalue weighted by atomic mass is 35.5. The van der Waals surface area contributed by atoms with Crippen LogP contribution in [0.15, 0.2) is 18.2 Å². The Kier molecular flexibility index (Phi) is 4.30. The lowest BCUT2D eigenvalue weighted by atomic mass is 9.98. The summed E-state index contributed by atoms with van der Waals surface area (Å²) in [7, 11) is 0. The van der Waals surface area contributed by atoms with E-state index in [0.717, 1.165) is 24.7 Å². The third-order valence-electron chi connectivity index (χ3n) is 3.30. The van der Waals surface area contributed by atoms with E-state index in [1.165, 1.54) is 18.4 Å². The van der Waals surface area contributed by atoms with Gasteiger partial charge in [-0.2, -0.15) is 0 Å². The summed E-state index contributed by atoms with van der Waals surface area (Å²) in [6.45, 7) is 3.69. The van der Waals surface area contributed by atoms with Crippen LogP contribution in [0.5, 0.6) is 5.75 Å². The van der Waals surface area contributed by atoms with Gasteiger partial charge in [0, 0.05) is 0 Å². The SMILES string of the molecule is CC(CCN)c1ccc(Cl)c(OCC2CC2)c1. The van der Waals surface area contributed by atoms with Crippen LogP contribution < -0.4 is 10.5 Å². The molecule has 0 amide bonds. The summed E-state index contributed by atoms with van der Waals surface area (Å²) < 4.78 is 5.77. The lowest BCUT2D eigenvalue weighted by Crippen LogP contribution is -2.05. The number of hydrogen-bond donors (Lipinski definition) is 1. The van der Waals surface area contributed by atoms with Crippen LogP contribution in [-0.2, 0) is 0 Å². The second-order valence-corrected chi connectivity index (χ2v) is 5.33. The second-order valence-electron chi connectivity index (χ2n) is 4.92. The molecule has 0 aromatic heterocycles. The van der Waals surface area contributed by atoms with Crippen LogP contribution in [0, 0.1) is 5.92 Å². The normalized spacial score (nSPS) is 16.9. The van der Waals surface area contributed by atoms with Crippen molar-refractivity contribution in [2.24, 2.45) is 11.7 Å². The Hall–Kier alpha value is -0.730. The maximum absolute atomic E-state index is 6.13. The number of ether oxygens (including phenoxy) is 1. The first-order chi connectivity index (χ1) is 8.20. The minimum absolute atomic E-state index is 0.459. The van der Waals surface area contributed by atoms with E-state index in [-0.39, 0.29) is 0 Å². The summed E-state index contributed by atoms with van der Waals surface area (Å²) in [4.78, 5) is 0. The third kappa shape index (κ3) is 3.62. The van der Waals surface area contributed by atoms with Crippen molar-refractivity contribution in [3.8, 4) is 5.75 Å². The number of hydrogen-bond acceptors (Lipinski definition) is 2. The van der Waals surface area contributed by atoms with Crippen molar-refractivity contribution >= 4 is 11.6 Å². The average Bonchev–Trinajstić information content (AvgIpc) is 3.12. The van der Waals surface area contributed by atoms with Gasteiger partial charge in [-0.3, -0.25) is 0 Å². The van der Waals surface area contributed by atoms with Crippen LogP contribution >= 0.6 is 11.6 Å². The van der Waals surface area contributed by atoms with Crippen molar-refractivity contribution in [1.29, 1.82) is 0 Å². The van der Waals surface area contributed by atoms with Crippen LogP contribution in [0.3, 0.4) is 0 Å². The zero-order valence-electron chi connectivity index (χ0n) is 10.3. The molecule has 2 rings (SSSR count). The van der Waals surface area contributed by atoms with Gasteiger partial charge in [-0.25, -0.2) is 0 Å². The molecular weight excluding hydrogens is 234 g/mol. The van der Waals surface area contributed by atoms with Gasteiger partial charge in [-0.05, 0) is 55.3 Å². The first-order valence-corrected chi connectivity index (χ1v) is 6.71. The van der Waals surface area contributed by atoms with Crippen molar-refractivity contribution in [3.63, 3.8) is 0 Å². The summed E-state index contributed by atoms with van der Waals surface area (Å²) >= 11 is 6.13. The van der Waals surface area contributed by atoms with E-state index in [1.54, 1.807) is 0 Å². The van der Waals surface area contributed by atoms with Crippen molar-refractivity contribution in [2.75, 3.05) is 13.2 Å². The number of rotatable bonds is 6. The van der Waals surface area contributed by atoms with Gasteiger partial charge in [0.2, 0.25) is 0 Å². The third-order valence-corrected chi connectivity index (χ3v) is 3.61. The molecule has 17 heavy (non-hydrogen) atoms. The fraction of sp³-hybridized carbons (Fsp3) is 0.571. The van der Waals surface area contributed by atoms with Gasteiger partial charge in [-0.1, -0.05) is 24.6 Å². The summed E-state index contributed by atoms with van der Waals surface area (Å²) in [5, 5.41) is 0.703. The van der Waals surface area contributed by atoms with Gasteiger partial charge < -0.3 is 10.5 Å². The van der Waals surface area contributed by atoms with Gasteiger partial charge >= 0.3 is 0 Å². The summed E-state index contributed by atoms with van der Waals surface area (Å²) in [5.74, 6) is 2.02. The molecule has 1 aromatic carbocycles. The van der Waals surface area contributed by atoms with E-state index in [2.05, 4.69) is 19.1 Å². The average molecular weight is 254 g/mol. The predicted molar refractivity (Wildman–Crippen MR) is 71.8 cm³/mol. The maximum atomic E-state index is 6.13. The van der Waals surface area contributed by atoms with E-state index in [4.69, 9.17) is 22.1 Å². The monoisotopic (exact) mass is 253 g/mol. The fourth-order valence-electron chi connectivity index (χ4n) is 1.85. The summed E-state index contributed by atoms with van der Waals surface area (Å²) in [6, 6.07) is 6.05. The highest BCUT2D eigenvalue weighted by molar-refractivity contribution is 6.32. The summed E-state index contributed by atoms with van der Waals surface area (Å²) in [6.07, 6.45) is 3.57. The van der Waals surface area contributed by atoms with E-state index < -0.39 is 0 Å². The first-order valence-electron chi connectivity index (χ1n) is 6.33. The molecule has 1 aliphatic rings. The molecule has 3 heteroatoms. The van der Waals surface area contributed by atoms with Crippen molar-refractivity contribution in [3.05, 3.63) is 28.8 Å².